The van der Waals surface area contributed by atoms with Crippen molar-refractivity contribution in [3.8, 4) is 11.5 Å². The third-order valence-corrected chi connectivity index (χ3v) is 5.19. The maximum absolute atomic E-state index is 12.8. The molecular formula is C22H24ClF3N2O3. The Balaban J connectivity index is 1.59. The lowest BCUT2D eigenvalue weighted by atomic mass is 10.0. The number of anilines is 1. The number of ether oxygens (including phenoxy) is 2. The largest absolute Gasteiger partial charge is 0.486 e. The van der Waals surface area contributed by atoms with Crippen molar-refractivity contribution in [3.63, 3.8) is 0 Å². The van der Waals surface area contributed by atoms with Crippen LogP contribution in [0.3, 0.4) is 0 Å². The van der Waals surface area contributed by atoms with Crippen LogP contribution in [0.2, 0.25) is 5.02 Å². The molecule has 2 aromatic rings. The van der Waals surface area contributed by atoms with Crippen molar-refractivity contribution < 1.29 is 27.4 Å². The molecule has 168 valence electrons. The van der Waals surface area contributed by atoms with Gasteiger partial charge < -0.3 is 20.1 Å². The second-order valence-corrected chi connectivity index (χ2v) is 7.98. The number of alkyl halides is 3. The van der Waals surface area contributed by atoms with Crippen LogP contribution in [-0.4, -0.2) is 31.7 Å². The van der Waals surface area contributed by atoms with Crippen LogP contribution >= 0.6 is 11.6 Å². The normalized spacial score (nSPS) is 14.3. The molecule has 0 aromatic heterocycles. The fraction of sp³-hybridized carbons (Fsp3) is 0.409. The first kappa shape index (κ1) is 23.1. The molecular weight excluding hydrogens is 433 g/mol. The first-order chi connectivity index (χ1) is 14.6. The lowest BCUT2D eigenvalue weighted by Crippen LogP contribution is -2.43. The highest BCUT2D eigenvalue weighted by molar-refractivity contribution is 6.33. The van der Waals surface area contributed by atoms with Crippen molar-refractivity contribution in [3.05, 3.63) is 52.5 Å². The third-order valence-electron chi connectivity index (χ3n) is 4.88. The maximum atomic E-state index is 12.8. The second kappa shape index (κ2) is 9.68. The van der Waals surface area contributed by atoms with Crippen LogP contribution in [0, 0.1) is 5.92 Å². The predicted octanol–water partition coefficient (Wildman–Crippen LogP) is 4.93. The molecule has 0 fully saturated rings. The topological polar surface area (TPSA) is 59.6 Å². The van der Waals surface area contributed by atoms with Gasteiger partial charge in [-0.2, -0.15) is 13.2 Å². The number of nitrogens with one attached hydrogen (secondary N) is 2. The summed E-state index contributed by atoms with van der Waals surface area (Å²) in [7, 11) is 0. The highest BCUT2D eigenvalue weighted by Crippen LogP contribution is 2.34. The van der Waals surface area contributed by atoms with Crippen LogP contribution in [0.5, 0.6) is 11.5 Å². The summed E-state index contributed by atoms with van der Waals surface area (Å²) < 4.78 is 49.6. The SMILES string of the molecule is CC(C)[C@@H](Nc1ccc(C(F)(F)F)cc1Cl)C(=O)NCCc1ccc2c(c1)OCCO2. The first-order valence-corrected chi connectivity index (χ1v) is 10.3. The van der Waals surface area contributed by atoms with E-state index in [2.05, 4.69) is 10.6 Å². The molecule has 9 heteroatoms. The number of halogens is 4. The number of fused-ring (bicyclic) bond motifs is 1. The van der Waals surface area contributed by atoms with Crippen molar-refractivity contribution in [2.24, 2.45) is 5.92 Å². The Bertz CT molecular complexity index is 935. The average molecular weight is 457 g/mol. The minimum absolute atomic E-state index is 0.0930. The van der Waals surface area contributed by atoms with Gasteiger partial charge in [-0.1, -0.05) is 31.5 Å². The monoisotopic (exact) mass is 456 g/mol. The van der Waals surface area contributed by atoms with Crippen molar-refractivity contribution in [1.82, 2.24) is 5.32 Å². The first-order valence-electron chi connectivity index (χ1n) is 9.94. The summed E-state index contributed by atoms with van der Waals surface area (Å²) in [6.07, 6.45) is -3.89. The maximum Gasteiger partial charge on any atom is 0.416 e. The molecule has 31 heavy (non-hydrogen) atoms. The van der Waals surface area contributed by atoms with Gasteiger partial charge in [-0.25, -0.2) is 0 Å². The van der Waals surface area contributed by atoms with E-state index >= 15 is 0 Å². The minimum atomic E-state index is -4.48. The highest BCUT2D eigenvalue weighted by Gasteiger charge is 2.31. The number of hydrogen-bond donors (Lipinski definition) is 2. The number of carbonyl (C=O) groups excluding carboxylic acids is 1. The quantitative estimate of drug-likeness (QED) is 0.620. The van der Waals surface area contributed by atoms with E-state index in [-0.39, 0.29) is 22.5 Å². The van der Waals surface area contributed by atoms with Crippen molar-refractivity contribution >= 4 is 23.2 Å². The number of amides is 1. The Morgan fingerprint density at radius 2 is 1.81 bits per heavy atom. The summed E-state index contributed by atoms with van der Waals surface area (Å²) >= 11 is 6.02. The van der Waals surface area contributed by atoms with Gasteiger partial charge in [0.15, 0.2) is 11.5 Å². The molecule has 0 saturated heterocycles. The van der Waals surface area contributed by atoms with Gasteiger partial charge in [0.25, 0.3) is 0 Å². The number of carbonyl (C=O) groups is 1. The molecule has 0 radical (unpaired) electrons. The Morgan fingerprint density at radius 1 is 1.10 bits per heavy atom. The number of rotatable bonds is 7. The summed E-state index contributed by atoms with van der Waals surface area (Å²) in [5.74, 6) is 1.02. The lowest BCUT2D eigenvalue weighted by molar-refractivity contribution is -0.137. The molecule has 2 N–H and O–H groups in total. The molecule has 5 nitrogen and oxygen atoms in total. The summed E-state index contributed by atoms with van der Waals surface area (Å²) in [5, 5.41) is 5.75. The molecule has 1 heterocycles. The average Bonchev–Trinajstić information content (AvgIpc) is 2.71. The zero-order valence-electron chi connectivity index (χ0n) is 17.2. The Labute approximate surface area is 183 Å². The summed E-state index contributed by atoms with van der Waals surface area (Å²) in [4.78, 5) is 12.7. The van der Waals surface area contributed by atoms with Gasteiger partial charge in [0.05, 0.1) is 16.3 Å². The number of benzene rings is 2. The summed E-state index contributed by atoms with van der Waals surface area (Å²) in [6, 6.07) is 8.02. The van der Waals surface area contributed by atoms with Gasteiger partial charge >= 0.3 is 6.18 Å². The zero-order chi connectivity index (χ0) is 22.6. The van der Waals surface area contributed by atoms with Crippen molar-refractivity contribution in [2.75, 3.05) is 25.1 Å². The van der Waals surface area contributed by atoms with Gasteiger partial charge in [-0.3, -0.25) is 4.79 Å². The zero-order valence-corrected chi connectivity index (χ0v) is 17.9. The van der Waals surface area contributed by atoms with Gasteiger partial charge in [0.1, 0.15) is 19.3 Å². The Hall–Kier alpha value is -2.61. The predicted molar refractivity (Wildman–Crippen MR) is 113 cm³/mol. The van der Waals surface area contributed by atoms with Crippen LogP contribution in [-0.2, 0) is 17.4 Å². The molecule has 0 unspecified atom stereocenters. The molecule has 0 spiro atoms. The van der Waals surface area contributed by atoms with E-state index in [0.717, 1.165) is 17.7 Å². The number of hydrogen-bond acceptors (Lipinski definition) is 4. The molecule has 0 aliphatic carbocycles. The van der Waals surface area contributed by atoms with Crippen LogP contribution < -0.4 is 20.1 Å². The van der Waals surface area contributed by atoms with Crippen molar-refractivity contribution in [2.45, 2.75) is 32.5 Å². The molecule has 1 atom stereocenters. The van der Waals surface area contributed by atoms with Crippen LogP contribution in [0.25, 0.3) is 0 Å². The molecule has 2 aromatic carbocycles. The van der Waals surface area contributed by atoms with Crippen LogP contribution in [0.1, 0.15) is 25.0 Å². The fourth-order valence-electron chi connectivity index (χ4n) is 3.19. The van der Waals surface area contributed by atoms with E-state index in [1.165, 1.54) is 6.07 Å². The Morgan fingerprint density at radius 3 is 2.45 bits per heavy atom. The lowest BCUT2D eigenvalue weighted by Gasteiger charge is -2.24. The van der Waals surface area contributed by atoms with Gasteiger partial charge in [0.2, 0.25) is 5.91 Å². The minimum Gasteiger partial charge on any atom is -0.486 e. The van der Waals surface area contributed by atoms with Crippen LogP contribution in [0.4, 0.5) is 18.9 Å². The molecule has 0 saturated carbocycles. The molecule has 3 rings (SSSR count). The second-order valence-electron chi connectivity index (χ2n) is 7.58. The van der Waals surface area contributed by atoms with Gasteiger partial charge in [-0.15, -0.1) is 0 Å². The standard InChI is InChI=1S/C22H24ClF3N2O3/c1-13(2)20(28-17-5-4-15(12-16(17)23)22(24,25)26)21(29)27-8-7-14-3-6-18-19(11-14)31-10-9-30-18/h3-6,11-13,20,28H,7-10H2,1-2H3,(H,27,29)/t20-/m1/s1. The molecule has 1 aliphatic rings. The van der Waals surface area contributed by atoms with Crippen LogP contribution in [0.15, 0.2) is 36.4 Å². The van der Waals surface area contributed by atoms with E-state index < -0.39 is 17.8 Å². The van der Waals surface area contributed by atoms with E-state index in [1.54, 1.807) is 0 Å². The Kier molecular flexibility index (Phi) is 7.20. The molecule has 1 amide bonds. The summed E-state index contributed by atoms with van der Waals surface area (Å²) in [5.41, 5.74) is 0.424. The van der Waals surface area contributed by atoms with Gasteiger partial charge in [0, 0.05) is 6.54 Å². The van der Waals surface area contributed by atoms with E-state index in [4.69, 9.17) is 21.1 Å². The molecule has 1 aliphatic heterocycles. The third kappa shape index (κ3) is 5.97. The van der Waals surface area contributed by atoms with Crippen molar-refractivity contribution in [1.29, 1.82) is 0 Å². The highest BCUT2D eigenvalue weighted by atomic mass is 35.5. The van der Waals surface area contributed by atoms with E-state index in [9.17, 15) is 18.0 Å². The molecule has 0 bridgehead atoms. The summed E-state index contributed by atoms with van der Waals surface area (Å²) in [6.45, 7) is 5.10. The van der Waals surface area contributed by atoms with E-state index in [1.807, 2.05) is 32.0 Å². The fourth-order valence-corrected chi connectivity index (χ4v) is 3.43. The van der Waals surface area contributed by atoms with E-state index in [0.29, 0.717) is 37.7 Å². The smallest absolute Gasteiger partial charge is 0.416 e. The van der Waals surface area contributed by atoms with Gasteiger partial charge in [-0.05, 0) is 48.2 Å².